The molecule has 0 saturated carbocycles. The standard InChI is InChI=1S/C12H21NO4/c1-5-10(14)13-9(6-7-11(15)16-4)8-17-12(13,2)3/h9H,5-8H2,1-4H3. The fraction of sp³-hybridized carbons (Fsp3) is 0.833. The molecule has 0 aromatic rings. The number of rotatable bonds is 4. The zero-order valence-electron chi connectivity index (χ0n) is 11.0. The molecular weight excluding hydrogens is 222 g/mol. The first kappa shape index (κ1) is 14.0. The van der Waals surface area contributed by atoms with Crippen LogP contribution >= 0.6 is 0 Å². The Kier molecular flexibility index (Phi) is 4.51. The van der Waals surface area contributed by atoms with Gasteiger partial charge in [-0.15, -0.1) is 0 Å². The SMILES string of the molecule is CCC(=O)N1C(CCC(=O)OC)COC1(C)C. The van der Waals surface area contributed by atoms with Gasteiger partial charge in [0.1, 0.15) is 5.72 Å². The summed E-state index contributed by atoms with van der Waals surface area (Å²) in [6.45, 7) is 6.06. The van der Waals surface area contributed by atoms with Gasteiger partial charge in [0, 0.05) is 12.8 Å². The summed E-state index contributed by atoms with van der Waals surface area (Å²) in [5.74, 6) is -0.194. The molecule has 0 aromatic heterocycles. The quantitative estimate of drug-likeness (QED) is 0.699. The third kappa shape index (κ3) is 3.19. The Morgan fingerprint density at radius 2 is 2.12 bits per heavy atom. The van der Waals surface area contributed by atoms with E-state index in [0.717, 1.165) is 0 Å². The number of carbonyl (C=O) groups is 2. The molecule has 1 amide bonds. The number of carbonyl (C=O) groups excluding carboxylic acids is 2. The normalized spacial score (nSPS) is 22.6. The van der Waals surface area contributed by atoms with Crippen LogP contribution in [0.5, 0.6) is 0 Å². The number of amides is 1. The van der Waals surface area contributed by atoms with Gasteiger partial charge in [-0.3, -0.25) is 9.59 Å². The molecule has 1 aliphatic rings. The number of esters is 1. The van der Waals surface area contributed by atoms with E-state index in [-0.39, 0.29) is 17.9 Å². The van der Waals surface area contributed by atoms with Crippen molar-refractivity contribution in [3.05, 3.63) is 0 Å². The number of methoxy groups -OCH3 is 1. The minimum absolute atomic E-state index is 0.0310. The van der Waals surface area contributed by atoms with Gasteiger partial charge in [-0.25, -0.2) is 0 Å². The summed E-state index contributed by atoms with van der Waals surface area (Å²) < 4.78 is 10.2. The molecule has 0 N–H and O–H groups in total. The first-order valence-electron chi connectivity index (χ1n) is 5.95. The second-order valence-electron chi connectivity index (χ2n) is 4.64. The van der Waals surface area contributed by atoms with Gasteiger partial charge in [-0.05, 0) is 20.3 Å². The third-order valence-electron chi connectivity index (χ3n) is 3.05. The fourth-order valence-electron chi connectivity index (χ4n) is 2.16. The number of hydrogen-bond acceptors (Lipinski definition) is 4. The van der Waals surface area contributed by atoms with E-state index in [9.17, 15) is 9.59 Å². The summed E-state index contributed by atoms with van der Waals surface area (Å²) in [6.07, 6.45) is 1.34. The molecule has 0 radical (unpaired) electrons. The second-order valence-corrected chi connectivity index (χ2v) is 4.64. The van der Waals surface area contributed by atoms with E-state index in [1.807, 2.05) is 20.8 Å². The Labute approximate surface area is 102 Å². The summed E-state index contributed by atoms with van der Waals surface area (Å²) in [7, 11) is 1.37. The van der Waals surface area contributed by atoms with Crippen LogP contribution in [0.1, 0.15) is 40.0 Å². The summed E-state index contributed by atoms with van der Waals surface area (Å²) in [6, 6.07) is -0.0310. The molecule has 0 spiro atoms. The van der Waals surface area contributed by atoms with Gasteiger partial charge in [-0.1, -0.05) is 6.92 Å². The minimum atomic E-state index is -0.576. The van der Waals surface area contributed by atoms with Crippen LogP contribution in [-0.2, 0) is 19.1 Å². The fourth-order valence-corrected chi connectivity index (χ4v) is 2.16. The maximum absolute atomic E-state index is 11.9. The van der Waals surface area contributed by atoms with Crippen molar-refractivity contribution in [2.24, 2.45) is 0 Å². The van der Waals surface area contributed by atoms with Crippen molar-refractivity contribution in [2.75, 3.05) is 13.7 Å². The Bertz CT molecular complexity index is 301. The van der Waals surface area contributed by atoms with Gasteiger partial charge in [0.05, 0.1) is 19.8 Å². The highest BCUT2D eigenvalue weighted by molar-refractivity contribution is 5.77. The molecule has 0 bridgehead atoms. The highest BCUT2D eigenvalue weighted by atomic mass is 16.5. The Hall–Kier alpha value is -1.10. The van der Waals surface area contributed by atoms with Gasteiger partial charge < -0.3 is 14.4 Å². The predicted molar refractivity (Wildman–Crippen MR) is 62.2 cm³/mol. The predicted octanol–water partition coefficient (Wildman–Crippen LogP) is 1.31. The molecule has 17 heavy (non-hydrogen) atoms. The lowest BCUT2D eigenvalue weighted by atomic mass is 10.1. The lowest BCUT2D eigenvalue weighted by molar-refractivity contribution is -0.147. The lowest BCUT2D eigenvalue weighted by Gasteiger charge is -2.33. The van der Waals surface area contributed by atoms with E-state index >= 15 is 0 Å². The molecule has 1 aliphatic heterocycles. The molecule has 1 saturated heterocycles. The molecule has 5 nitrogen and oxygen atoms in total. The van der Waals surface area contributed by atoms with E-state index in [0.29, 0.717) is 25.9 Å². The van der Waals surface area contributed by atoms with Crippen LogP contribution in [0.4, 0.5) is 0 Å². The number of hydrogen-bond donors (Lipinski definition) is 0. The minimum Gasteiger partial charge on any atom is -0.469 e. The molecule has 98 valence electrons. The van der Waals surface area contributed by atoms with Crippen LogP contribution in [0.3, 0.4) is 0 Å². The monoisotopic (exact) mass is 243 g/mol. The van der Waals surface area contributed by atoms with Crippen molar-refractivity contribution >= 4 is 11.9 Å². The largest absolute Gasteiger partial charge is 0.469 e. The molecule has 0 aliphatic carbocycles. The van der Waals surface area contributed by atoms with Gasteiger partial charge in [0.15, 0.2) is 0 Å². The molecule has 1 rings (SSSR count). The van der Waals surface area contributed by atoms with E-state index in [1.54, 1.807) is 4.90 Å². The summed E-state index contributed by atoms with van der Waals surface area (Å²) in [4.78, 5) is 24.7. The van der Waals surface area contributed by atoms with Crippen molar-refractivity contribution < 1.29 is 19.1 Å². The van der Waals surface area contributed by atoms with Crippen molar-refractivity contribution in [3.63, 3.8) is 0 Å². The number of nitrogens with zero attached hydrogens (tertiary/aromatic N) is 1. The first-order valence-corrected chi connectivity index (χ1v) is 5.95. The first-order chi connectivity index (χ1) is 7.92. The zero-order valence-corrected chi connectivity index (χ0v) is 11.0. The van der Waals surface area contributed by atoms with Crippen LogP contribution in [0.15, 0.2) is 0 Å². The summed E-state index contributed by atoms with van der Waals surface area (Å²) >= 11 is 0. The molecule has 1 heterocycles. The van der Waals surface area contributed by atoms with Crippen molar-refractivity contribution in [1.82, 2.24) is 4.90 Å². The summed E-state index contributed by atoms with van der Waals surface area (Å²) in [5.41, 5.74) is -0.576. The zero-order chi connectivity index (χ0) is 13.1. The number of ether oxygens (including phenoxy) is 2. The van der Waals surface area contributed by atoms with Gasteiger partial charge >= 0.3 is 5.97 Å². The van der Waals surface area contributed by atoms with Crippen LogP contribution in [0.25, 0.3) is 0 Å². The van der Waals surface area contributed by atoms with Gasteiger partial charge in [0.2, 0.25) is 5.91 Å². The Morgan fingerprint density at radius 3 is 2.65 bits per heavy atom. The average Bonchev–Trinajstić information content (AvgIpc) is 2.60. The Balaban J connectivity index is 2.65. The van der Waals surface area contributed by atoms with E-state index in [2.05, 4.69) is 4.74 Å². The van der Waals surface area contributed by atoms with Crippen LogP contribution in [0.2, 0.25) is 0 Å². The van der Waals surface area contributed by atoms with E-state index in [1.165, 1.54) is 7.11 Å². The Morgan fingerprint density at radius 1 is 1.47 bits per heavy atom. The highest BCUT2D eigenvalue weighted by Crippen LogP contribution is 2.30. The topological polar surface area (TPSA) is 55.8 Å². The van der Waals surface area contributed by atoms with Crippen molar-refractivity contribution in [1.29, 1.82) is 0 Å². The molecule has 1 unspecified atom stereocenters. The molecule has 0 aromatic carbocycles. The van der Waals surface area contributed by atoms with E-state index in [4.69, 9.17) is 4.74 Å². The maximum atomic E-state index is 11.9. The van der Waals surface area contributed by atoms with Crippen LogP contribution in [0, 0.1) is 0 Å². The van der Waals surface area contributed by atoms with Crippen LogP contribution in [-0.4, -0.2) is 42.3 Å². The smallest absolute Gasteiger partial charge is 0.305 e. The maximum Gasteiger partial charge on any atom is 0.305 e. The molecule has 5 heteroatoms. The van der Waals surface area contributed by atoms with Crippen LogP contribution < -0.4 is 0 Å². The highest BCUT2D eigenvalue weighted by Gasteiger charge is 2.42. The molecular formula is C12H21NO4. The van der Waals surface area contributed by atoms with Gasteiger partial charge in [-0.2, -0.15) is 0 Å². The molecule has 1 fully saturated rings. The van der Waals surface area contributed by atoms with Crippen molar-refractivity contribution in [3.8, 4) is 0 Å². The average molecular weight is 243 g/mol. The third-order valence-corrected chi connectivity index (χ3v) is 3.05. The van der Waals surface area contributed by atoms with Gasteiger partial charge in [0.25, 0.3) is 0 Å². The second kappa shape index (κ2) is 5.49. The van der Waals surface area contributed by atoms with Crippen molar-refractivity contribution in [2.45, 2.75) is 51.8 Å². The molecule has 1 atom stereocenters. The van der Waals surface area contributed by atoms with E-state index < -0.39 is 5.72 Å². The lowest BCUT2D eigenvalue weighted by Crippen LogP contribution is -2.47. The summed E-state index contributed by atoms with van der Waals surface area (Å²) in [5, 5.41) is 0.